The van der Waals surface area contributed by atoms with Gasteiger partial charge in [0.25, 0.3) is 10.2 Å². The Balaban J connectivity index is 3.95. The van der Waals surface area contributed by atoms with E-state index in [4.69, 9.17) is 5.11 Å². The van der Waals surface area contributed by atoms with Crippen molar-refractivity contribution < 1.29 is 13.5 Å². The molecule has 0 aliphatic heterocycles. The van der Waals surface area contributed by atoms with Crippen molar-refractivity contribution in [3.05, 3.63) is 0 Å². The third kappa shape index (κ3) is 6.94. The van der Waals surface area contributed by atoms with Gasteiger partial charge in [-0.1, -0.05) is 13.8 Å². The highest BCUT2D eigenvalue weighted by atomic mass is 32.2. The normalized spacial score (nSPS) is 14.8. The first kappa shape index (κ1) is 12.8. The van der Waals surface area contributed by atoms with Crippen LogP contribution in [0.1, 0.15) is 20.8 Å². The van der Waals surface area contributed by atoms with E-state index in [0.29, 0.717) is 6.54 Å². The summed E-state index contributed by atoms with van der Waals surface area (Å²) in [7, 11) is -3.45. The predicted octanol–water partition coefficient (Wildman–Crippen LogP) is -0.553. The largest absolute Gasteiger partial charge is 0.395 e. The minimum Gasteiger partial charge on any atom is -0.395 e. The molecule has 1 atom stereocenters. The van der Waals surface area contributed by atoms with Gasteiger partial charge in [0.2, 0.25) is 0 Å². The lowest BCUT2D eigenvalue weighted by molar-refractivity contribution is 0.265. The summed E-state index contributed by atoms with van der Waals surface area (Å²) < 4.78 is 27.0. The van der Waals surface area contributed by atoms with Gasteiger partial charge in [-0.25, -0.2) is 4.72 Å². The number of aliphatic hydroxyl groups is 1. The first-order valence-electron chi connectivity index (χ1n) is 4.25. The summed E-state index contributed by atoms with van der Waals surface area (Å²) in [6.07, 6.45) is 0. The zero-order valence-electron chi connectivity index (χ0n) is 8.24. The molecule has 0 fully saturated rings. The highest BCUT2D eigenvalue weighted by Gasteiger charge is 2.12. The molecule has 0 saturated heterocycles. The Morgan fingerprint density at radius 3 is 2.23 bits per heavy atom. The topological polar surface area (TPSA) is 78.4 Å². The molecule has 0 aromatic carbocycles. The maximum Gasteiger partial charge on any atom is 0.277 e. The molecule has 0 aromatic heterocycles. The highest BCUT2D eigenvalue weighted by molar-refractivity contribution is 7.87. The Hall–Kier alpha value is -0.170. The molecule has 6 heteroatoms. The van der Waals surface area contributed by atoms with Gasteiger partial charge in [0, 0.05) is 12.6 Å². The van der Waals surface area contributed by atoms with E-state index in [-0.39, 0.29) is 12.5 Å². The molecule has 0 rings (SSSR count). The molecular formula is C7H18N2O3S. The van der Waals surface area contributed by atoms with Crippen LogP contribution < -0.4 is 9.44 Å². The molecule has 13 heavy (non-hydrogen) atoms. The number of rotatable bonds is 6. The Morgan fingerprint density at radius 2 is 1.85 bits per heavy atom. The number of nitrogens with one attached hydrogen (secondary N) is 2. The second-order valence-electron chi connectivity index (χ2n) is 3.45. The fraction of sp³-hybridized carbons (Fsp3) is 1.00. The first-order valence-corrected chi connectivity index (χ1v) is 5.73. The van der Waals surface area contributed by atoms with Gasteiger partial charge in [0.15, 0.2) is 0 Å². The molecular weight excluding hydrogens is 192 g/mol. The van der Waals surface area contributed by atoms with Crippen molar-refractivity contribution in [1.82, 2.24) is 9.44 Å². The van der Waals surface area contributed by atoms with Crippen LogP contribution in [0, 0.1) is 5.92 Å². The quantitative estimate of drug-likeness (QED) is 0.550. The van der Waals surface area contributed by atoms with Crippen LogP contribution in [-0.4, -0.2) is 32.7 Å². The van der Waals surface area contributed by atoms with Crippen LogP contribution in [-0.2, 0) is 10.2 Å². The molecule has 0 heterocycles. The molecule has 0 aliphatic carbocycles. The second-order valence-corrected chi connectivity index (χ2v) is 4.98. The van der Waals surface area contributed by atoms with Crippen LogP contribution in [0.5, 0.6) is 0 Å². The van der Waals surface area contributed by atoms with Gasteiger partial charge >= 0.3 is 0 Å². The molecule has 5 nitrogen and oxygen atoms in total. The summed E-state index contributed by atoms with van der Waals surface area (Å²) in [6.45, 7) is 5.61. The minimum atomic E-state index is -3.45. The monoisotopic (exact) mass is 210 g/mol. The van der Waals surface area contributed by atoms with Crippen LogP contribution in [0.4, 0.5) is 0 Å². The van der Waals surface area contributed by atoms with Gasteiger partial charge < -0.3 is 5.11 Å². The van der Waals surface area contributed by atoms with Crippen molar-refractivity contribution in [2.24, 2.45) is 5.92 Å². The van der Waals surface area contributed by atoms with Crippen molar-refractivity contribution in [3.63, 3.8) is 0 Å². The summed E-state index contributed by atoms with van der Waals surface area (Å²) in [4.78, 5) is 0. The summed E-state index contributed by atoms with van der Waals surface area (Å²) in [5.41, 5.74) is 0. The number of hydrogen-bond donors (Lipinski definition) is 3. The van der Waals surface area contributed by atoms with E-state index in [2.05, 4.69) is 9.44 Å². The lowest BCUT2D eigenvalue weighted by Gasteiger charge is -2.13. The average Bonchev–Trinajstić information content (AvgIpc) is 2.00. The Labute approximate surface area is 79.7 Å². The van der Waals surface area contributed by atoms with E-state index >= 15 is 0 Å². The maximum atomic E-state index is 11.2. The van der Waals surface area contributed by atoms with E-state index in [1.165, 1.54) is 0 Å². The van der Waals surface area contributed by atoms with Crippen LogP contribution in [0.2, 0.25) is 0 Å². The Kier molecular flexibility index (Phi) is 5.46. The van der Waals surface area contributed by atoms with Gasteiger partial charge in [0.05, 0.1) is 6.61 Å². The van der Waals surface area contributed by atoms with Crippen molar-refractivity contribution >= 4 is 10.2 Å². The molecule has 0 unspecified atom stereocenters. The summed E-state index contributed by atoms with van der Waals surface area (Å²) in [5.74, 6) is 0.265. The maximum absolute atomic E-state index is 11.2. The summed E-state index contributed by atoms with van der Waals surface area (Å²) >= 11 is 0. The fourth-order valence-corrected chi connectivity index (χ4v) is 1.86. The van der Waals surface area contributed by atoms with Gasteiger partial charge in [-0.05, 0) is 12.8 Å². The van der Waals surface area contributed by atoms with Gasteiger partial charge in [-0.3, -0.25) is 0 Å². The minimum absolute atomic E-state index is 0.206. The molecule has 0 radical (unpaired) electrons. The second kappa shape index (κ2) is 5.54. The van der Waals surface area contributed by atoms with Crippen molar-refractivity contribution in [1.29, 1.82) is 0 Å². The Bertz CT molecular complexity index is 226. The van der Waals surface area contributed by atoms with E-state index in [1.54, 1.807) is 6.92 Å². The number of hydrogen-bond acceptors (Lipinski definition) is 3. The molecule has 0 saturated carbocycles. The van der Waals surface area contributed by atoms with E-state index in [1.807, 2.05) is 13.8 Å². The lowest BCUT2D eigenvalue weighted by atomic mass is 10.2. The van der Waals surface area contributed by atoms with Crippen LogP contribution in [0.3, 0.4) is 0 Å². The zero-order valence-corrected chi connectivity index (χ0v) is 9.06. The van der Waals surface area contributed by atoms with E-state index in [9.17, 15) is 8.42 Å². The van der Waals surface area contributed by atoms with Crippen molar-refractivity contribution in [2.75, 3.05) is 13.2 Å². The van der Waals surface area contributed by atoms with E-state index in [0.717, 1.165) is 0 Å². The van der Waals surface area contributed by atoms with Crippen molar-refractivity contribution in [3.8, 4) is 0 Å². The van der Waals surface area contributed by atoms with Crippen LogP contribution >= 0.6 is 0 Å². The molecule has 0 spiro atoms. The Morgan fingerprint density at radius 1 is 1.31 bits per heavy atom. The lowest BCUT2D eigenvalue weighted by Crippen LogP contribution is -2.43. The summed E-state index contributed by atoms with van der Waals surface area (Å²) in [5, 5.41) is 8.62. The third-order valence-electron chi connectivity index (χ3n) is 1.31. The first-order chi connectivity index (χ1) is 5.87. The fourth-order valence-electron chi connectivity index (χ4n) is 0.620. The molecule has 0 amide bonds. The predicted molar refractivity (Wildman–Crippen MR) is 51.4 cm³/mol. The SMILES string of the molecule is CC(C)CNS(=O)(=O)N[C@@H](C)CO. The zero-order chi connectivity index (χ0) is 10.5. The summed E-state index contributed by atoms with van der Waals surface area (Å²) in [6, 6.07) is -0.454. The van der Waals surface area contributed by atoms with Gasteiger partial charge in [-0.15, -0.1) is 0 Å². The highest BCUT2D eigenvalue weighted by Crippen LogP contribution is 1.90. The standard InChI is InChI=1S/C7H18N2O3S/c1-6(2)4-8-13(11,12)9-7(3)5-10/h6-10H,4-5H2,1-3H3/t7-/m0/s1. The van der Waals surface area contributed by atoms with Gasteiger partial charge in [0.1, 0.15) is 0 Å². The molecule has 0 aromatic rings. The van der Waals surface area contributed by atoms with Crippen LogP contribution in [0.15, 0.2) is 0 Å². The number of aliphatic hydroxyl groups excluding tert-OH is 1. The van der Waals surface area contributed by atoms with Gasteiger partial charge in [-0.2, -0.15) is 13.1 Å². The molecule has 3 N–H and O–H groups in total. The van der Waals surface area contributed by atoms with Crippen molar-refractivity contribution in [2.45, 2.75) is 26.8 Å². The average molecular weight is 210 g/mol. The smallest absolute Gasteiger partial charge is 0.277 e. The molecule has 80 valence electrons. The van der Waals surface area contributed by atoms with Crippen LogP contribution in [0.25, 0.3) is 0 Å². The van der Waals surface area contributed by atoms with E-state index < -0.39 is 16.3 Å². The molecule has 0 bridgehead atoms. The molecule has 0 aliphatic rings. The third-order valence-corrected chi connectivity index (χ3v) is 2.57.